The molecular weight excluding hydrogens is 333 g/mol. The number of nitrogens with zero attached hydrogens (tertiary/aromatic N) is 1. The Kier molecular flexibility index (Phi) is 3.87. The maximum atomic E-state index is 11.9. The largest absolute Gasteiger partial charge is 0.444 e. The van der Waals surface area contributed by atoms with Crippen molar-refractivity contribution in [3.05, 3.63) is 0 Å². The number of likely N-dealkylation sites (tertiary alicyclic amines) is 1. The maximum absolute atomic E-state index is 11.9. The number of hydrogen-bond donors (Lipinski definition) is 0. The van der Waals surface area contributed by atoms with E-state index in [0.29, 0.717) is 18.6 Å². The molecule has 1 unspecified atom stereocenters. The number of carbonyl (C=O) groups excluding carboxylic acids is 1. The van der Waals surface area contributed by atoms with E-state index in [9.17, 15) is 4.79 Å². The third-order valence-corrected chi connectivity index (χ3v) is 4.12. The Balaban J connectivity index is 1.86. The first-order chi connectivity index (χ1) is 7.89. The average molecular weight is 353 g/mol. The van der Waals surface area contributed by atoms with E-state index in [-0.39, 0.29) is 12.2 Å². The number of hydrogen-bond acceptors (Lipinski definition) is 3. The molecule has 0 aliphatic carbocycles. The normalized spacial score (nSPS) is 32.7. The molecule has 2 aliphatic heterocycles. The van der Waals surface area contributed by atoms with E-state index in [4.69, 9.17) is 9.47 Å². The molecule has 0 N–H and O–H groups in total. The lowest BCUT2D eigenvalue weighted by molar-refractivity contribution is 0.0172. The van der Waals surface area contributed by atoms with Crippen LogP contribution in [0, 0.1) is 5.92 Å². The van der Waals surface area contributed by atoms with Gasteiger partial charge in [-0.2, -0.15) is 0 Å². The minimum atomic E-state index is -0.416. The molecule has 1 amide bonds. The standard InChI is InChI=1S/C12H20INO3/c1-12(2,3)17-11(15)14-6-8-4-9(5-13)16-10(8)7-14/h8-10H,4-7H2,1-3H3/t8-,9?,10-/m0/s1. The van der Waals surface area contributed by atoms with Crippen LogP contribution in [-0.2, 0) is 9.47 Å². The number of ether oxygens (including phenoxy) is 2. The first kappa shape index (κ1) is 13.4. The van der Waals surface area contributed by atoms with Crippen LogP contribution < -0.4 is 0 Å². The highest BCUT2D eigenvalue weighted by molar-refractivity contribution is 14.1. The van der Waals surface area contributed by atoms with E-state index < -0.39 is 5.60 Å². The van der Waals surface area contributed by atoms with Gasteiger partial charge in [-0.1, -0.05) is 22.6 Å². The molecule has 0 aromatic rings. The van der Waals surface area contributed by atoms with Gasteiger partial charge in [-0.3, -0.25) is 0 Å². The van der Waals surface area contributed by atoms with Crippen LogP contribution in [-0.4, -0.2) is 46.3 Å². The Morgan fingerprint density at radius 1 is 1.47 bits per heavy atom. The van der Waals surface area contributed by atoms with Crippen molar-refractivity contribution in [1.29, 1.82) is 0 Å². The number of alkyl halides is 1. The van der Waals surface area contributed by atoms with Gasteiger partial charge in [0.05, 0.1) is 18.8 Å². The molecular formula is C12H20INO3. The summed E-state index contributed by atoms with van der Waals surface area (Å²) in [6.45, 7) is 7.15. The van der Waals surface area contributed by atoms with E-state index in [1.165, 1.54) is 0 Å². The molecule has 0 aromatic carbocycles. The molecule has 4 nitrogen and oxygen atoms in total. The third kappa shape index (κ3) is 3.24. The molecule has 3 atom stereocenters. The molecule has 5 heteroatoms. The number of carbonyl (C=O) groups is 1. The first-order valence-electron chi connectivity index (χ1n) is 6.08. The summed E-state index contributed by atoms with van der Waals surface area (Å²) < 4.78 is 12.3. The lowest BCUT2D eigenvalue weighted by Crippen LogP contribution is -2.36. The van der Waals surface area contributed by atoms with Crippen LogP contribution >= 0.6 is 22.6 Å². The summed E-state index contributed by atoms with van der Waals surface area (Å²) in [5, 5.41) is 0. The molecule has 2 aliphatic rings. The van der Waals surface area contributed by atoms with Crippen molar-refractivity contribution in [2.45, 2.75) is 45.0 Å². The van der Waals surface area contributed by atoms with Crippen LogP contribution in [0.2, 0.25) is 0 Å². The van der Waals surface area contributed by atoms with Gasteiger partial charge in [-0.05, 0) is 27.2 Å². The zero-order chi connectivity index (χ0) is 12.6. The highest BCUT2D eigenvalue weighted by atomic mass is 127. The number of fused-ring (bicyclic) bond motifs is 1. The van der Waals surface area contributed by atoms with E-state index in [2.05, 4.69) is 22.6 Å². The Bertz CT molecular complexity index is 289. The summed E-state index contributed by atoms with van der Waals surface area (Å²) in [4.78, 5) is 13.7. The van der Waals surface area contributed by atoms with Gasteiger partial charge in [0.1, 0.15) is 5.60 Å². The predicted octanol–water partition coefficient (Wildman–Crippen LogP) is 2.45. The summed E-state index contributed by atoms with van der Waals surface area (Å²) in [6, 6.07) is 0. The van der Waals surface area contributed by atoms with Gasteiger partial charge >= 0.3 is 6.09 Å². The molecule has 2 saturated heterocycles. The molecule has 98 valence electrons. The van der Waals surface area contributed by atoms with Gasteiger partial charge in [0.2, 0.25) is 0 Å². The van der Waals surface area contributed by atoms with Crippen LogP contribution in [0.15, 0.2) is 0 Å². The summed E-state index contributed by atoms with van der Waals surface area (Å²) in [6.07, 6.45) is 1.47. The zero-order valence-electron chi connectivity index (χ0n) is 10.6. The molecule has 2 fully saturated rings. The molecule has 0 radical (unpaired) electrons. The zero-order valence-corrected chi connectivity index (χ0v) is 12.8. The van der Waals surface area contributed by atoms with E-state index in [0.717, 1.165) is 17.4 Å². The monoisotopic (exact) mass is 353 g/mol. The van der Waals surface area contributed by atoms with Crippen molar-refractivity contribution >= 4 is 28.7 Å². The average Bonchev–Trinajstić information content (AvgIpc) is 2.70. The van der Waals surface area contributed by atoms with Gasteiger partial charge in [-0.25, -0.2) is 4.79 Å². The van der Waals surface area contributed by atoms with Crippen LogP contribution in [0.4, 0.5) is 4.79 Å². The highest BCUT2D eigenvalue weighted by Crippen LogP contribution is 2.34. The second-order valence-electron chi connectivity index (χ2n) is 5.83. The predicted molar refractivity (Wildman–Crippen MR) is 73.5 cm³/mol. The van der Waals surface area contributed by atoms with Gasteiger partial charge in [0.25, 0.3) is 0 Å². The van der Waals surface area contributed by atoms with Crippen molar-refractivity contribution in [2.75, 3.05) is 17.5 Å². The molecule has 17 heavy (non-hydrogen) atoms. The lowest BCUT2D eigenvalue weighted by Gasteiger charge is -2.25. The Morgan fingerprint density at radius 2 is 2.18 bits per heavy atom. The minimum absolute atomic E-state index is 0.207. The lowest BCUT2D eigenvalue weighted by atomic mass is 10.0. The van der Waals surface area contributed by atoms with Crippen LogP contribution in [0.25, 0.3) is 0 Å². The summed E-state index contributed by atoms with van der Waals surface area (Å²) in [5.41, 5.74) is -0.416. The first-order valence-corrected chi connectivity index (χ1v) is 7.61. The number of halogens is 1. The molecule has 0 saturated carbocycles. The fourth-order valence-corrected chi connectivity index (χ4v) is 3.00. The minimum Gasteiger partial charge on any atom is -0.444 e. The van der Waals surface area contributed by atoms with Gasteiger partial charge < -0.3 is 14.4 Å². The fraction of sp³-hybridized carbons (Fsp3) is 0.917. The van der Waals surface area contributed by atoms with E-state index in [1.54, 1.807) is 4.90 Å². The maximum Gasteiger partial charge on any atom is 0.410 e. The Hall–Kier alpha value is -0.0400. The molecule has 0 bridgehead atoms. The molecule has 2 rings (SSSR count). The second kappa shape index (κ2) is 4.91. The van der Waals surface area contributed by atoms with Crippen LogP contribution in [0.5, 0.6) is 0 Å². The fourth-order valence-electron chi connectivity index (χ4n) is 2.44. The van der Waals surface area contributed by atoms with Crippen molar-refractivity contribution < 1.29 is 14.3 Å². The van der Waals surface area contributed by atoms with Gasteiger partial charge in [0.15, 0.2) is 0 Å². The highest BCUT2D eigenvalue weighted by Gasteiger charge is 2.43. The number of amides is 1. The Morgan fingerprint density at radius 3 is 2.71 bits per heavy atom. The summed E-state index contributed by atoms with van der Waals surface area (Å²) in [5.74, 6) is 0.502. The third-order valence-electron chi connectivity index (χ3n) is 3.14. The smallest absolute Gasteiger partial charge is 0.410 e. The van der Waals surface area contributed by atoms with Crippen molar-refractivity contribution in [2.24, 2.45) is 5.92 Å². The summed E-state index contributed by atoms with van der Waals surface area (Å²) >= 11 is 2.36. The van der Waals surface area contributed by atoms with E-state index >= 15 is 0 Å². The summed E-state index contributed by atoms with van der Waals surface area (Å²) in [7, 11) is 0. The molecule has 0 aromatic heterocycles. The van der Waals surface area contributed by atoms with Gasteiger partial charge in [-0.15, -0.1) is 0 Å². The van der Waals surface area contributed by atoms with Crippen molar-refractivity contribution in [1.82, 2.24) is 4.90 Å². The molecule has 0 spiro atoms. The Labute approximate surface area is 116 Å². The quantitative estimate of drug-likeness (QED) is 0.537. The SMILES string of the molecule is CC(C)(C)OC(=O)N1C[C@@H]2CC(CI)O[C@H]2C1. The topological polar surface area (TPSA) is 38.8 Å². The van der Waals surface area contributed by atoms with Gasteiger partial charge in [0, 0.05) is 16.9 Å². The van der Waals surface area contributed by atoms with Crippen molar-refractivity contribution in [3.63, 3.8) is 0 Å². The second-order valence-corrected chi connectivity index (χ2v) is 6.71. The van der Waals surface area contributed by atoms with Crippen molar-refractivity contribution in [3.8, 4) is 0 Å². The number of rotatable bonds is 1. The van der Waals surface area contributed by atoms with E-state index in [1.807, 2.05) is 20.8 Å². The van der Waals surface area contributed by atoms with Crippen LogP contribution in [0.1, 0.15) is 27.2 Å². The molecule has 2 heterocycles. The van der Waals surface area contributed by atoms with Crippen LogP contribution in [0.3, 0.4) is 0 Å².